The third kappa shape index (κ3) is 4.01. The highest BCUT2D eigenvalue weighted by Gasteiger charge is 2.49. The maximum absolute atomic E-state index is 13.3. The van der Waals surface area contributed by atoms with Gasteiger partial charge >= 0.3 is 6.18 Å². The van der Waals surface area contributed by atoms with Gasteiger partial charge in [-0.2, -0.15) is 13.2 Å². The number of carbonyl (C=O) groups excluding carboxylic acids is 1. The van der Waals surface area contributed by atoms with Crippen molar-refractivity contribution >= 4 is 21.8 Å². The highest BCUT2D eigenvalue weighted by molar-refractivity contribution is 9.10. The fourth-order valence-electron chi connectivity index (χ4n) is 2.50. The molecule has 3 nitrogen and oxygen atoms in total. The summed E-state index contributed by atoms with van der Waals surface area (Å²) in [6, 6.07) is 5.54. The Kier molecular flexibility index (Phi) is 4.87. The van der Waals surface area contributed by atoms with Crippen molar-refractivity contribution in [2.45, 2.75) is 38.9 Å². The third-order valence-electron chi connectivity index (χ3n) is 3.78. The summed E-state index contributed by atoms with van der Waals surface area (Å²) in [7, 11) is 0. The molecule has 122 valence electrons. The lowest BCUT2D eigenvalue weighted by molar-refractivity contribution is -0.190. The number of hydrogen-bond acceptors (Lipinski definition) is 2. The predicted molar refractivity (Wildman–Crippen MR) is 80.9 cm³/mol. The molecule has 1 aliphatic rings. The molecule has 2 rings (SSSR count). The Hall–Kier alpha value is -1.08. The lowest BCUT2D eigenvalue weighted by Gasteiger charge is -2.29. The van der Waals surface area contributed by atoms with Gasteiger partial charge in [0.05, 0.1) is 5.41 Å². The molecule has 1 atom stereocenters. The number of hydrogen-bond donors (Lipinski definition) is 1. The van der Waals surface area contributed by atoms with Crippen LogP contribution in [0.5, 0.6) is 0 Å². The van der Waals surface area contributed by atoms with E-state index in [9.17, 15) is 18.0 Å². The molecule has 0 unspecified atom stereocenters. The molecule has 7 heteroatoms. The molecule has 0 aromatic heterocycles. The molecule has 1 N–H and O–H groups in total. The molecule has 1 amide bonds. The topological polar surface area (TPSA) is 32.3 Å². The Balaban J connectivity index is 2.10. The maximum atomic E-state index is 13.3. The number of alkyl halides is 3. The normalized spacial score (nSPS) is 20.0. The van der Waals surface area contributed by atoms with Crippen molar-refractivity contribution in [2.24, 2.45) is 5.41 Å². The van der Waals surface area contributed by atoms with Gasteiger partial charge in [-0.05, 0) is 44.4 Å². The molecule has 1 aromatic carbocycles. The van der Waals surface area contributed by atoms with E-state index in [0.717, 1.165) is 15.0 Å². The number of rotatable bonds is 4. The largest absolute Gasteiger partial charge is 0.405 e. The van der Waals surface area contributed by atoms with E-state index in [1.54, 1.807) is 32.0 Å². The van der Waals surface area contributed by atoms with Crippen LogP contribution in [0.4, 0.5) is 13.2 Å². The predicted octanol–water partition coefficient (Wildman–Crippen LogP) is 3.69. The van der Waals surface area contributed by atoms with Crippen molar-refractivity contribution in [3.05, 3.63) is 34.3 Å². The first-order valence-electron chi connectivity index (χ1n) is 6.98. The summed E-state index contributed by atoms with van der Waals surface area (Å²) in [5, 5.41) is 1.03. The van der Waals surface area contributed by atoms with E-state index in [-0.39, 0.29) is 25.3 Å². The van der Waals surface area contributed by atoms with Gasteiger partial charge in [0.1, 0.15) is 6.04 Å². The number of aryl methyl sites for hydroxylation is 1. The van der Waals surface area contributed by atoms with Gasteiger partial charge in [-0.25, -0.2) is 5.01 Å². The fraction of sp³-hybridized carbons (Fsp3) is 0.533. The molecule has 1 heterocycles. The molecular weight excluding hydrogens is 361 g/mol. The maximum Gasteiger partial charge on any atom is 0.405 e. The first-order chi connectivity index (χ1) is 10.1. The molecule has 0 radical (unpaired) electrons. The van der Waals surface area contributed by atoms with Crippen LogP contribution in [-0.4, -0.2) is 29.7 Å². The van der Waals surface area contributed by atoms with Gasteiger partial charge in [-0.15, -0.1) is 0 Å². The lowest BCUT2D eigenvalue weighted by atomic mass is 9.94. The average Bonchev–Trinajstić information content (AvgIpc) is 2.62. The number of nitrogens with one attached hydrogen (secondary N) is 1. The van der Waals surface area contributed by atoms with E-state index in [1.165, 1.54) is 0 Å². The Morgan fingerprint density at radius 3 is 2.59 bits per heavy atom. The number of nitrogens with zero attached hydrogens (tertiary/aromatic N) is 1. The lowest BCUT2D eigenvalue weighted by Crippen LogP contribution is -2.50. The molecule has 0 bridgehead atoms. The van der Waals surface area contributed by atoms with Gasteiger partial charge in [0.15, 0.2) is 0 Å². The number of benzene rings is 1. The zero-order valence-electron chi connectivity index (χ0n) is 12.4. The van der Waals surface area contributed by atoms with Crippen LogP contribution in [0.1, 0.15) is 25.8 Å². The summed E-state index contributed by atoms with van der Waals surface area (Å²) in [4.78, 5) is 11.7. The highest BCUT2D eigenvalue weighted by Crippen LogP contribution is 2.33. The Bertz CT molecular complexity index is 560. The number of carbonyl (C=O) groups is 1. The summed E-state index contributed by atoms with van der Waals surface area (Å²) in [5.74, 6) is -0.371. The van der Waals surface area contributed by atoms with E-state index in [4.69, 9.17) is 0 Å². The minimum Gasteiger partial charge on any atom is -0.288 e. The van der Waals surface area contributed by atoms with Crippen LogP contribution in [0.2, 0.25) is 0 Å². The van der Waals surface area contributed by atoms with Crippen LogP contribution in [0.3, 0.4) is 0 Å². The van der Waals surface area contributed by atoms with Gasteiger partial charge in [-0.3, -0.25) is 10.2 Å². The zero-order chi connectivity index (χ0) is 16.5. The number of halogens is 4. The van der Waals surface area contributed by atoms with E-state index in [1.807, 2.05) is 6.07 Å². The second kappa shape index (κ2) is 6.20. The van der Waals surface area contributed by atoms with Gasteiger partial charge < -0.3 is 0 Å². The van der Waals surface area contributed by atoms with E-state index in [0.29, 0.717) is 0 Å². The van der Waals surface area contributed by atoms with Crippen molar-refractivity contribution < 1.29 is 18.0 Å². The minimum absolute atomic E-state index is 0.0501. The van der Waals surface area contributed by atoms with Crippen LogP contribution in [-0.2, 0) is 11.2 Å². The molecule has 1 aliphatic heterocycles. The minimum atomic E-state index is -4.39. The van der Waals surface area contributed by atoms with Gasteiger partial charge in [0.25, 0.3) is 0 Å². The Labute approximate surface area is 136 Å². The first kappa shape index (κ1) is 17.3. The SMILES string of the molecule is CC1(C)CN([C@@H](CCc2cccc(Br)c2)C(F)(F)F)NC1=O. The van der Waals surface area contributed by atoms with Crippen molar-refractivity contribution in [3.63, 3.8) is 0 Å². The molecular formula is C15H18BrF3N2O. The van der Waals surface area contributed by atoms with Gasteiger partial charge in [0.2, 0.25) is 5.91 Å². The van der Waals surface area contributed by atoms with Crippen LogP contribution >= 0.6 is 15.9 Å². The van der Waals surface area contributed by atoms with E-state index < -0.39 is 17.6 Å². The molecule has 0 saturated carbocycles. The molecule has 1 fully saturated rings. The van der Waals surface area contributed by atoms with Gasteiger partial charge in [-0.1, -0.05) is 28.1 Å². The molecule has 0 spiro atoms. The summed E-state index contributed by atoms with van der Waals surface area (Å²) >= 11 is 3.31. The van der Waals surface area contributed by atoms with Crippen molar-refractivity contribution in [2.75, 3.05) is 6.54 Å². The quantitative estimate of drug-likeness (QED) is 0.866. The fourth-order valence-corrected chi connectivity index (χ4v) is 2.95. The van der Waals surface area contributed by atoms with Crippen molar-refractivity contribution in [1.82, 2.24) is 10.4 Å². The first-order valence-corrected chi connectivity index (χ1v) is 7.78. The standard InChI is InChI=1S/C15H18BrF3N2O/c1-14(2)9-21(20-13(14)22)12(15(17,18)19)7-6-10-4-3-5-11(16)8-10/h3-5,8,12H,6-7,9H2,1-2H3,(H,20,22)/t12-/m0/s1. The summed E-state index contributed by atoms with van der Waals surface area (Å²) in [6.07, 6.45) is -4.20. The zero-order valence-corrected chi connectivity index (χ0v) is 14.0. The Morgan fingerprint density at radius 2 is 2.09 bits per heavy atom. The molecule has 1 aromatic rings. The van der Waals surface area contributed by atoms with Gasteiger partial charge in [0, 0.05) is 11.0 Å². The Morgan fingerprint density at radius 1 is 1.41 bits per heavy atom. The highest BCUT2D eigenvalue weighted by atomic mass is 79.9. The van der Waals surface area contributed by atoms with Crippen LogP contribution in [0.15, 0.2) is 28.7 Å². The van der Waals surface area contributed by atoms with Crippen molar-refractivity contribution in [1.29, 1.82) is 0 Å². The third-order valence-corrected chi connectivity index (χ3v) is 4.27. The van der Waals surface area contributed by atoms with Crippen LogP contribution in [0, 0.1) is 5.41 Å². The van der Waals surface area contributed by atoms with E-state index in [2.05, 4.69) is 21.4 Å². The van der Waals surface area contributed by atoms with E-state index >= 15 is 0 Å². The van der Waals surface area contributed by atoms with Crippen molar-refractivity contribution in [3.8, 4) is 0 Å². The summed E-state index contributed by atoms with van der Waals surface area (Å²) in [6.45, 7) is 3.34. The summed E-state index contributed by atoms with van der Waals surface area (Å²) < 4.78 is 40.8. The number of hydrazine groups is 1. The van der Waals surface area contributed by atoms with Crippen LogP contribution < -0.4 is 5.43 Å². The molecule has 1 saturated heterocycles. The summed E-state index contributed by atoms with van der Waals surface area (Å²) in [5.41, 5.74) is 2.38. The average molecular weight is 379 g/mol. The molecule has 22 heavy (non-hydrogen) atoms. The number of amides is 1. The monoisotopic (exact) mass is 378 g/mol. The second-order valence-corrected chi connectivity index (χ2v) is 7.09. The van der Waals surface area contributed by atoms with Crippen LogP contribution in [0.25, 0.3) is 0 Å². The second-order valence-electron chi connectivity index (χ2n) is 6.18. The smallest absolute Gasteiger partial charge is 0.288 e. The molecule has 0 aliphatic carbocycles.